The number of amides is 1. The molecule has 4 rings (SSSR count). The van der Waals surface area contributed by atoms with Gasteiger partial charge in [0, 0.05) is 18.7 Å². The van der Waals surface area contributed by atoms with Crippen molar-refractivity contribution in [2.75, 3.05) is 19.9 Å². The van der Waals surface area contributed by atoms with Gasteiger partial charge in [-0.15, -0.1) is 0 Å². The minimum Gasteiger partial charge on any atom is -0.454 e. The first-order chi connectivity index (χ1) is 11.2. The van der Waals surface area contributed by atoms with Gasteiger partial charge in [-0.05, 0) is 25.0 Å². The van der Waals surface area contributed by atoms with Gasteiger partial charge in [-0.25, -0.2) is 9.67 Å². The Bertz CT molecular complexity index is 735. The summed E-state index contributed by atoms with van der Waals surface area (Å²) in [5, 5.41) is 4.57. The summed E-state index contributed by atoms with van der Waals surface area (Å²) in [4.78, 5) is 18.6. The highest BCUT2D eigenvalue weighted by Crippen LogP contribution is 2.40. The lowest BCUT2D eigenvalue weighted by Crippen LogP contribution is -2.40. The lowest BCUT2D eigenvalue weighted by atomic mass is 10.0. The van der Waals surface area contributed by atoms with Crippen LogP contribution in [0.25, 0.3) is 0 Å². The predicted molar refractivity (Wildman–Crippen MR) is 81.8 cm³/mol. The summed E-state index contributed by atoms with van der Waals surface area (Å²) in [5.41, 5.74) is 0.512. The molecule has 0 radical (unpaired) electrons. The largest absolute Gasteiger partial charge is 0.454 e. The molecule has 2 aromatic rings. The zero-order valence-corrected chi connectivity index (χ0v) is 13.1. The van der Waals surface area contributed by atoms with E-state index in [1.165, 1.54) is 6.33 Å². The first-order valence-corrected chi connectivity index (χ1v) is 7.82. The molecule has 1 amide bonds. The maximum absolute atomic E-state index is 12.8. The molecule has 1 aromatic carbocycles. The number of carbonyl (C=O) groups excluding carboxylic acids is 1. The Kier molecular flexibility index (Phi) is 3.57. The van der Waals surface area contributed by atoms with Crippen molar-refractivity contribution in [1.82, 2.24) is 19.7 Å². The number of rotatable bonds is 2. The molecule has 0 saturated carbocycles. The highest BCUT2D eigenvalue weighted by atomic mass is 35.5. The Morgan fingerprint density at radius 3 is 3.09 bits per heavy atom. The van der Waals surface area contributed by atoms with E-state index in [2.05, 4.69) is 10.1 Å². The van der Waals surface area contributed by atoms with Crippen LogP contribution in [0.1, 0.15) is 29.2 Å². The normalized spacial score (nSPS) is 19.9. The number of hydrogen-bond acceptors (Lipinski definition) is 5. The van der Waals surface area contributed by atoms with Crippen LogP contribution in [0.15, 0.2) is 24.8 Å². The van der Waals surface area contributed by atoms with Gasteiger partial charge in [0.15, 0.2) is 11.5 Å². The van der Waals surface area contributed by atoms with Crippen LogP contribution in [0, 0.1) is 0 Å². The fourth-order valence-electron chi connectivity index (χ4n) is 3.03. The molecular formula is C15H15ClN4O3. The van der Waals surface area contributed by atoms with E-state index in [4.69, 9.17) is 21.1 Å². The zero-order valence-electron chi connectivity index (χ0n) is 12.3. The van der Waals surface area contributed by atoms with Crippen LogP contribution in [0.3, 0.4) is 0 Å². The van der Waals surface area contributed by atoms with Gasteiger partial charge in [0.1, 0.15) is 12.7 Å². The van der Waals surface area contributed by atoms with E-state index in [9.17, 15) is 4.79 Å². The van der Waals surface area contributed by atoms with Gasteiger partial charge < -0.3 is 14.4 Å². The van der Waals surface area contributed by atoms with Gasteiger partial charge in [0.2, 0.25) is 6.79 Å². The van der Waals surface area contributed by atoms with Crippen molar-refractivity contribution in [3.63, 3.8) is 0 Å². The quantitative estimate of drug-likeness (QED) is 0.841. The first kappa shape index (κ1) is 14.3. The summed E-state index contributed by atoms with van der Waals surface area (Å²) in [5.74, 6) is 0.961. The maximum Gasteiger partial charge on any atom is 0.254 e. The fourth-order valence-corrected chi connectivity index (χ4v) is 3.30. The molecule has 8 heteroatoms. The van der Waals surface area contributed by atoms with E-state index in [1.807, 2.05) is 9.58 Å². The van der Waals surface area contributed by atoms with Gasteiger partial charge in [-0.1, -0.05) is 11.6 Å². The summed E-state index contributed by atoms with van der Waals surface area (Å²) >= 11 is 6.17. The molecule has 0 unspecified atom stereocenters. The van der Waals surface area contributed by atoms with Crippen molar-refractivity contribution in [2.45, 2.75) is 18.9 Å². The topological polar surface area (TPSA) is 69.5 Å². The minimum absolute atomic E-state index is 0.0602. The Morgan fingerprint density at radius 1 is 1.35 bits per heavy atom. The van der Waals surface area contributed by atoms with Gasteiger partial charge >= 0.3 is 0 Å². The molecular weight excluding hydrogens is 320 g/mol. The molecule has 0 N–H and O–H groups in total. The van der Waals surface area contributed by atoms with E-state index in [0.29, 0.717) is 28.6 Å². The molecule has 23 heavy (non-hydrogen) atoms. The molecule has 3 heterocycles. The van der Waals surface area contributed by atoms with Crippen LogP contribution in [-0.2, 0) is 0 Å². The molecule has 1 fully saturated rings. The second-order valence-electron chi connectivity index (χ2n) is 5.61. The monoisotopic (exact) mass is 334 g/mol. The van der Waals surface area contributed by atoms with Crippen LogP contribution >= 0.6 is 11.6 Å². The van der Waals surface area contributed by atoms with Crippen LogP contribution < -0.4 is 9.47 Å². The van der Waals surface area contributed by atoms with E-state index >= 15 is 0 Å². The molecule has 7 nitrogen and oxygen atoms in total. The van der Waals surface area contributed by atoms with Crippen LogP contribution in [0.5, 0.6) is 11.5 Å². The SMILES string of the molecule is O=C(c1cc(Cl)c2c(c1)OCO2)N1CCC[C@@H](n2cncn2)C1. The molecule has 1 saturated heterocycles. The summed E-state index contributed by atoms with van der Waals surface area (Å²) in [6, 6.07) is 3.48. The molecule has 120 valence electrons. The number of hydrogen-bond donors (Lipinski definition) is 0. The van der Waals surface area contributed by atoms with Crippen LogP contribution in [0.2, 0.25) is 5.02 Å². The average molecular weight is 335 g/mol. The van der Waals surface area contributed by atoms with Gasteiger partial charge in [-0.2, -0.15) is 5.10 Å². The first-order valence-electron chi connectivity index (χ1n) is 7.45. The fraction of sp³-hybridized carbons (Fsp3) is 0.400. The number of benzene rings is 1. The van der Waals surface area contributed by atoms with Crippen molar-refractivity contribution in [3.8, 4) is 11.5 Å². The minimum atomic E-state index is -0.0602. The third-order valence-corrected chi connectivity index (χ3v) is 4.45. The predicted octanol–water partition coefficient (Wildman–Crippen LogP) is 2.14. The van der Waals surface area contributed by atoms with E-state index in [0.717, 1.165) is 19.4 Å². The smallest absolute Gasteiger partial charge is 0.254 e. The molecule has 2 aliphatic heterocycles. The summed E-state index contributed by atoms with van der Waals surface area (Å²) in [6.45, 7) is 1.45. The van der Waals surface area contributed by atoms with Gasteiger partial charge in [0.05, 0.1) is 11.1 Å². The number of carbonyl (C=O) groups is 1. The average Bonchev–Trinajstić information content (AvgIpc) is 3.25. The molecule has 0 spiro atoms. The number of likely N-dealkylation sites (tertiary alicyclic amines) is 1. The highest BCUT2D eigenvalue weighted by molar-refractivity contribution is 6.32. The Balaban J connectivity index is 1.56. The van der Waals surface area contributed by atoms with Crippen molar-refractivity contribution in [1.29, 1.82) is 0 Å². The van der Waals surface area contributed by atoms with Gasteiger partial charge in [0.25, 0.3) is 5.91 Å². The molecule has 1 atom stereocenters. The molecule has 0 aliphatic carbocycles. The Morgan fingerprint density at radius 2 is 2.26 bits per heavy atom. The summed E-state index contributed by atoms with van der Waals surface area (Å²) < 4.78 is 12.4. The lowest BCUT2D eigenvalue weighted by Gasteiger charge is -2.32. The number of piperidine rings is 1. The molecule has 1 aromatic heterocycles. The van der Waals surface area contributed by atoms with Crippen molar-refractivity contribution in [3.05, 3.63) is 35.4 Å². The maximum atomic E-state index is 12.8. The third-order valence-electron chi connectivity index (χ3n) is 4.17. The number of fused-ring (bicyclic) bond motifs is 1. The van der Waals surface area contributed by atoms with Crippen molar-refractivity contribution < 1.29 is 14.3 Å². The highest BCUT2D eigenvalue weighted by Gasteiger charge is 2.28. The van der Waals surface area contributed by atoms with Crippen molar-refractivity contribution in [2.24, 2.45) is 0 Å². The third kappa shape index (κ3) is 2.61. The molecule has 2 aliphatic rings. The zero-order chi connectivity index (χ0) is 15.8. The lowest BCUT2D eigenvalue weighted by molar-refractivity contribution is 0.0672. The number of nitrogens with zero attached hydrogens (tertiary/aromatic N) is 4. The summed E-state index contributed by atoms with van der Waals surface area (Å²) in [7, 11) is 0. The van der Waals surface area contributed by atoms with Crippen molar-refractivity contribution >= 4 is 17.5 Å². The Labute approximate surface area is 137 Å². The van der Waals surface area contributed by atoms with Crippen LogP contribution in [0.4, 0.5) is 0 Å². The Hall–Kier alpha value is -2.28. The van der Waals surface area contributed by atoms with E-state index < -0.39 is 0 Å². The summed E-state index contributed by atoms with van der Waals surface area (Å²) in [6.07, 6.45) is 5.11. The van der Waals surface area contributed by atoms with E-state index in [-0.39, 0.29) is 18.7 Å². The van der Waals surface area contributed by atoms with Gasteiger partial charge in [-0.3, -0.25) is 4.79 Å². The number of aromatic nitrogens is 3. The van der Waals surface area contributed by atoms with Crippen LogP contribution in [-0.4, -0.2) is 45.5 Å². The van der Waals surface area contributed by atoms with E-state index in [1.54, 1.807) is 18.5 Å². The number of halogens is 1. The second kappa shape index (κ2) is 5.73. The standard InChI is InChI=1S/C15H15ClN4O3/c16-12-4-10(5-13-14(12)23-9-22-13)15(21)19-3-1-2-11(6-19)20-8-17-7-18-20/h4-5,7-8,11H,1-3,6,9H2/t11-/m1/s1. The second-order valence-corrected chi connectivity index (χ2v) is 6.02. The number of ether oxygens (including phenoxy) is 2. The molecule has 0 bridgehead atoms.